The topological polar surface area (TPSA) is 80.0 Å². The van der Waals surface area contributed by atoms with Crippen molar-refractivity contribution in [2.24, 2.45) is 0 Å². The number of nitrogens with two attached hydrogens (primary N) is 1. The fourth-order valence-electron chi connectivity index (χ4n) is 3.04. The van der Waals surface area contributed by atoms with Crippen LogP contribution in [0, 0.1) is 11.8 Å². The number of benzene rings is 2. The number of ketones is 1. The number of hydrogen-bond donors (Lipinski definition) is 3. The molecule has 4 N–H and O–H groups in total. The molecule has 1 heterocycles. The number of carbonyl (C=O) groups is 1. The van der Waals surface area contributed by atoms with Gasteiger partial charge in [-0.15, -0.1) is 11.6 Å². The highest BCUT2D eigenvalue weighted by Crippen LogP contribution is 2.23. The number of carbonyl (C=O) groups excluding carboxylic acids is 1. The summed E-state index contributed by atoms with van der Waals surface area (Å²) < 4.78 is 0. The monoisotopic (exact) mass is 418 g/mol. The minimum Gasteiger partial charge on any atom is -0.399 e. The van der Waals surface area contributed by atoms with E-state index in [2.05, 4.69) is 34.4 Å². The zero-order valence-corrected chi connectivity index (χ0v) is 17.5. The van der Waals surface area contributed by atoms with Crippen molar-refractivity contribution in [3.8, 4) is 11.8 Å². The van der Waals surface area contributed by atoms with Crippen LogP contribution in [-0.2, 0) is 6.42 Å². The third kappa shape index (κ3) is 5.53. The molecule has 0 aliphatic rings. The Morgan fingerprint density at radius 2 is 1.93 bits per heavy atom. The maximum absolute atomic E-state index is 12.6. The van der Waals surface area contributed by atoms with Crippen LogP contribution in [0.3, 0.4) is 0 Å². The van der Waals surface area contributed by atoms with Gasteiger partial charge in [0.1, 0.15) is 5.82 Å². The van der Waals surface area contributed by atoms with Gasteiger partial charge in [-0.25, -0.2) is 4.98 Å². The summed E-state index contributed by atoms with van der Waals surface area (Å²) in [6.45, 7) is 2.23. The highest BCUT2D eigenvalue weighted by molar-refractivity contribution is 6.19. The lowest BCUT2D eigenvalue weighted by Crippen LogP contribution is -2.14. The van der Waals surface area contributed by atoms with E-state index >= 15 is 0 Å². The highest BCUT2D eigenvalue weighted by Gasteiger charge is 2.10. The number of anilines is 4. The van der Waals surface area contributed by atoms with Crippen molar-refractivity contribution in [1.29, 1.82) is 0 Å². The van der Waals surface area contributed by atoms with Gasteiger partial charge < -0.3 is 16.4 Å². The molecule has 0 aliphatic carbocycles. The van der Waals surface area contributed by atoms with Gasteiger partial charge in [-0.2, -0.15) is 0 Å². The zero-order chi connectivity index (χ0) is 21.3. The standard InChI is InChI=1S/C24H23ClN4O/c1-2-22-17(7-5-12-25)11-13-27-24(22)29-21-10-3-6-18(14-21)23(30)16-28-20-9-4-8-19(26)15-20/h3-4,6,8-11,13-15,28H,2,12,16,26H2,1H3,(H,27,29). The van der Waals surface area contributed by atoms with Gasteiger partial charge in [-0.05, 0) is 42.8 Å². The molecule has 0 aliphatic heterocycles. The molecule has 6 heteroatoms. The molecule has 0 bridgehead atoms. The second-order valence-electron chi connectivity index (χ2n) is 6.58. The first-order valence-electron chi connectivity index (χ1n) is 9.63. The average Bonchev–Trinajstić information content (AvgIpc) is 2.76. The lowest BCUT2D eigenvalue weighted by atomic mass is 10.1. The fourth-order valence-corrected chi connectivity index (χ4v) is 3.11. The third-order valence-electron chi connectivity index (χ3n) is 4.49. The van der Waals surface area contributed by atoms with E-state index in [1.807, 2.05) is 36.4 Å². The maximum atomic E-state index is 12.6. The molecule has 1 aromatic heterocycles. The molecule has 0 radical (unpaired) electrons. The van der Waals surface area contributed by atoms with E-state index < -0.39 is 0 Å². The van der Waals surface area contributed by atoms with Crippen molar-refractivity contribution in [3.63, 3.8) is 0 Å². The van der Waals surface area contributed by atoms with Crippen LogP contribution in [0.5, 0.6) is 0 Å². The van der Waals surface area contributed by atoms with Crippen LogP contribution in [0.1, 0.15) is 28.4 Å². The number of halogens is 1. The summed E-state index contributed by atoms with van der Waals surface area (Å²) in [4.78, 5) is 17.1. The molecule has 30 heavy (non-hydrogen) atoms. The molecule has 3 rings (SSSR count). The SMILES string of the molecule is CCc1c(C#CCCl)ccnc1Nc1cccc(C(=O)CNc2cccc(N)c2)c1. The number of nitrogen functional groups attached to an aromatic ring is 1. The number of Topliss-reactive ketones (excluding diaryl/α,β-unsaturated/α-hetero) is 1. The van der Waals surface area contributed by atoms with Crippen molar-refractivity contribution in [3.05, 3.63) is 77.5 Å². The third-order valence-corrected chi connectivity index (χ3v) is 4.62. The molecule has 3 aromatic rings. The quantitative estimate of drug-likeness (QED) is 0.221. The molecule has 5 nitrogen and oxygen atoms in total. The molecule has 0 atom stereocenters. The minimum absolute atomic E-state index is 0.0218. The Bertz CT molecular complexity index is 1100. The molecule has 0 spiro atoms. The van der Waals surface area contributed by atoms with Crippen molar-refractivity contribution < 1.29 is 4.79 Å². The summed E-state index contributed by atoms with van der Waals surface area (Å²) in [6.07, 6.45) is 2.48. The van der Waals surface area contributed by atoms with Gasteiger partial charge in [0, 0.05) is 39.9 Å². The van der Waals surface area contributed by atoms with E-state index in [-0.39, 0.29) is 18.2 Å². The van der Waals surface area contributed by atoms with Crippen molar-refractivity contribution >= 4 is 40.3 Å². The van der Waals surface area contributed by atoms with Crippen LogP contribution in [-0.4, -0.2) is 23.2 Å². The maximum Gasteiger partial charge on any atom is 0.181 e. The molecule has 2 aromatic carbocycles. The van der Waals surface area contributed by atoms with Gasteiger partial charge >= 0.3 is 0 Å². The lowest BCUT2D eigenvalue weighted by Gasteiger charge is -2.12. The van der Waals surface area contributed by atoms with Crippen LogP contribution in [0.4, 0.5) is 22.9 Å². The first-order chi connectivity index (χ1) is 14.6. The number of aromatic nitrogens is 1. The normalized spacial score (nSPS) is 10.1. The number of rotatable bonds is 7. The summed E-state index contributed by atoms with van der Waals surface area (Å²) in [6, 6.07) is 16.6. The highest BCUT2D eigenvalue weighted by atomic mass is 35.5. The predicted molar refractivity (Wildman–Crippen MR) is 125 cm³/mol. The van der Waals surface area contributed by atoms with Crippen molar-refractivity contribution in [2.75, 3.05) is 28.8 Å². The Balaban J connectivity index is 1.75. The summed E-state index contributed by atoms with van der Waals surface area (Å²) in [5.74, 6) is 6.94. The van der Waals surface area contributed by atoms with Crippen LogP contribution >= 0.6 is 11.6 Å². The smallest absolute Gasteiger partial charge is 0.181 e. The van der Waals surface area contributed by atoms with Gasteiger partial charge in [0.2, 0.25) is 0 Å². The van der Waals surface area contributed by atoms with E-state index in [0.717, 1.165) is 34.7 Å². The van der Waals surface area contributed by atoms with Crippen LogP contribution in [0.25, 0.3) is 0 Å². The first-order valence-corrected chi connectivity index (χ1v) is 10.2. The number of alkyl halides is 1. The van der Waals surface area contributed by atoms with Gasteiger partial charge in [-0.1, -0.05) is 37.0 Å². The number of nitrogens with one attached hydrogen (secondary N) is 2. The fraction of sp³-hybridized carbons (Fsp3) is 0.167. The molecule has 152 valence electrons. The Hall–Kier alpha value is -3.49. The van der Waals surface area contributed by atoms with Gasteiger partial charge in [-0.3, -0.25) is 4.79 Å². The van der Waals surface area contributed by atoms with Gasteiger partial charge in [0.05, 0.1) is 12.4 Å². The number of nitrogens with zero attached hydrogens (tertiary/aromatic N) is 1. The van der Waals surface area contributed by atoms with Crippen molar-refractivity contribution in [1.82, 2.24) is 4.98 Å². The first kappa shape index (κ1) is 21.2. The Morgan fingerprint density at radius 1 is 1.13 bits per heavy atom. The summed E-state index contributed by atoms with van der Waals surface area (Å²) in [7, 11) is 0. The Labute approximate surface area is 181 Å². The molecule has 0 saturated carbocycles. The van der Waals surface area contributed by atoms with Gasteiger partial charge in [0.15, 0.2) is 5.78 Å². The van der Waals surface area contributed by atoms with Crippen LogP contribution in [0.15, 0.2) is 60.8 Å². The van der Waals surface area contributed by atoms with E-state index in [9.17, 15) is 4.79 Å². The lowest BCUT2D eigenvalue weighted by molar-refractivity contribution is 0.101. The van der Waals surface area contributed by atoms with E-state index in [1.54, 1.807) is 24.4 Å². The minimum atomic E-state index is -0.0218. The van der Waals surface area contributed by atoms with E-state index in [0.29, 0.717) is 11.3 Å². The Morgan fingerprint density at radius 3 is 2.70 bits per heavy atom. The van der Waals surface area contributed by atoms with Crippen LogP contribution < -0.4 is 16.4 Å². The zero-order valence-electron chi connectivity index (χ0n) is 16.7. The van der Waals surface area contributed by atoms with E-state index in [1.165, 1.54) is 0 Å². The van der Waals surface area contributed by atoms with Gasteiger partial charge in [0.25, 0.3) is 0 Å². The average molecular weight is 419 g/mol. The molecule has 0 amide bonds. The number of hydrogen-bond acceptors (Lipinski definition) is 5. The number of pyridine rings is 1. The predicted octanol–water partition coefficient (Wildman–Crippen LogP) is 4.85. The molecular formula is C24H23ClN4O. The Kier molecular flexibility index (Phi) is 7.31. The second kappa shape index (κ2) is 10.3. The largest absolute Gasteiger partial charge is 0.399 e. The molecule has 0 saturated heterocycles. The van der Waals surface area contributed by atoms with E-state index in [4.69, 9.17) is 17.3 Å². The molecule has 0 fully saturated rings. The summed E-state index contributed by atoms with van der Waals surface area (Å²) in [5.41, 5.74) is 10.5. The summed E-state index contributed by atoms with van der Waals surface area (Å²) >= 11 is 5.69. The molecule has 0 unspecified atom stereocenters. The molecular weight excluding hydrogens is 396 g/mol. The summed E-state index contributed by atoms with van der Waals surface area (Å²) in [5, 5.41) is 6.43. The second-order valence-corrected chi connectivity index (χ2v) is 6.85. The van der Waals surface area contributed by atoms with Crippen molar-refractivity contribution in [2.45, 2.75) is 13.3 Å². The van der Waals surface area contributed by atoms with Crippen LogP contribution in [0.2, 0.25) is 0 Å².